The second kappa shape index (κ2) is 17.7. The molecule has 0 saturated heterocycles. The van der Waals surface area contributed by atoms with Gasteiger partial charge in [-0.2, -0.15) is 0 Å². The monoisotopic (exact) mass is 334 g/mol. The average Bonchev–Trinajstić information content (AvgIpc) is 2.57. The number of carbonyl (C=O) groups is 1. The Morgan fingerprint density at radius 3 is 1.65 bits per heavy atom. The maximum Gasteiger partial charge on any atom is 0.220 e. The Balaban J connectivity index is 3.80. The largest absolute Gasteiger partial charge is 0.394 e. The molecule has 0 rings (SSSR count). The summed E-state index contributed by atoms with van der Waals surface area (Å²) in [7, 11) is 0. The van der Waals surface area contributed by atoms with Gasteiger partial charge in [-0.3, -0.25) is 4.79 Å². The second-order valence-electron chi connectivity index (χ2n) is 6.14. The maximum absolute atomic E-state index is 11.9. The third kappa shape index (κ3) is 16.0. The van der Waals surface area contributed by atoms with Crippen molar-refractivity contribution in [2.24, 2.45) is 0 Å². The van der Waals surface area contributed by atoms with Crippen molar-refractivity contribution < 1.29 is 21.9 Å². The first kappa shape index (κ1) is 14.7. The number of aliphatic hydroxyl groups is 2. The van der Waals surface area contributed by atoms with E-state index in [2.05, 4.69) is 6.92 Å². The number of hydrogen-bond donors (Lipinski definition) is 3. The van der Waals surface area contributed by atoms with E-state index >= 15 is 0 Å². The van der Waals surface area contributed by atoms with Crippen molar-refractivity contribution in [2.45, 2.75) is 103 Å². The predicted octanol–water partition coefficient (Wildman–Crippen LogP) is 3.94. The number of nitrogens with one attached hydrogen (secondary N) is 1. The summed E-state index contributed by atoms with van der Waals surface area (Å²) in [6.45, 7) is -4.65. The zero-order valence-corrected chi connectivity index (χ0v) is 14.7. The topological polar surface area (TPSA) is 69.6 Å². The summed E-state index contributed by atoms with van der Waals surface area (Å²) in [6, 6.07) is -3.19. The highest BCUT2D eigenvalue weighted by Crippen LogP contribution is 2.12. The van der Waals surface area contributed by atoms with Crippen LogP contribution in [-0.4, -0.2) is 35.3 Å². The molecule has 0 fully saturated rings. The van der Waals surface area contributed by atoms with Crippen molar-refractivity contribution in [2.75, 3.05) is 13.1 Å². The molecule has 0 aliphatic heterocycles. The van der Waals surface area contributed by atoms with Crippen LogP contribution in [0.2, 0.25) is 0 Å². The third-order valence-corrected chi connectivity index (χ3v) is 4.00. The van der Waals surface area contributed by atoms with E-state index in [9.17, 15) is 15.0 Å². The van der Waals surface area contributed by atoms with Crippen LogP contribution in [0.1, 0.15) is 104 Å². The molecule has 4 nitrogen and oxygen atoms in total. The van der Waals surface area contributed by atoms with Gasteiger partial charge in [0.05, 0.1) is 26.0 Å². The van der Waals surface area contributed by atoms with Crippen molar-refractivity contribution >= 4 is 5.91 Å². The van der Waals surface area contributed by atoms with Crippen molar-refractivity contribution in [1.82, 2.24) is 5.32 Å². The minimum absolute atomic E-state index is 0.00938. The van der Waals surface area contributed by atoms with Crippen LogP contribution < -0.4 is 5.32 Å². The molecule has 23 heavy (non-hydrogen) atoms. The Kier molecular flexibility index (Phi) is 11.3. The van der Waals surface area contributed by atoms with Gasteiger partial charge in [0, 0.05) is 6.42 Å². The molecular formula is C19H39NO3. The molecule has 1 amide bonds. The molecule has 0 spiro atoms. The SMILES string of the molecule is [2H]C([2H])(O)C([2H])(NC(=O)CCCCCCCCCCCCCCC)C([2H])([2H])O. The number of rotatable bonds is 17. The third-order valence-electron chi connectivity index (χ3n) is 4.00. The Labute approximate surface area is 150 Å². The van der Waals surface area contributed by atoms with E-state index in [1.165, 1.54) is 57.8 Å². The van der Waals surface area contributed by atoms with E-state index in [0.717, 1.165) is 19.3 Å². The molecule has 0 aliphatic carbocycles. The molecule has 0 atom stereocenters. The average molecular weight is 335 g/mol. The lowest BCUT2D eigenvalue weighted by molar-refractivity contribution is -0.122. The van der Waals surface area contributed by atoms with Gasteiger partial charge in [0.15, 0.2) is 0 Å². The Morgan fingerprint density at radius 1 is 0.870 bits per heavy atom. The zero-order valence-electron chi connectivity index (χ0n) is 19.7. The van der Waals surface area contributed by atoms with Crippen LogP contribution in [0.4, 0.5) is 0 Å². The standard InChI is InChI=1S/C19H39NO3/c1-2-3-4-5-6-7-8-9-10-11-12-13-14-15-19(23)20-18(16-21)17-22/h18,21-22H,2-17H2,1H3,(H,20,23)/i16D2,17D2,18D. The van der Waals surface area contributed by atoms with Gasteiger partial charge < -0.3 is 15.5 Å². The number of carbonyl (C=O) groups excluding carboxylic acids is 1. The van der Waals surface area contributed by atoms with Crippen molar-refractivity contribution in [3.8, 4) is 0 Å². The summed E-state index contributed by atoms with van der Waals surface area (Å²) < 4.78 is 36.2. The number of unbranched alkanes of at least 4 members (excludes halogenated alkanes) is 12. The van der Waals surface area contributed by atoms with Gasteiger partial charge in [-0.1, -0.05) is 84.0 Å². The fourth-order valence-electron chi connectivity index (χ4n) is 2.59. The van der Waals surface area contributed by atoms with Gasteiger partial charge in [0.1, 0.15) is 0 Å². The van der Waals surface area contributed by atoms with Crippen LogP contribution in [0.15, 0.2) is 0 Å². The van der Waals surface area contributed by atoms with E-state index in [1.807, 2.05) is 0 Å². The fraction of sp³-hybridized carbons (Fsp3) is 0.947. The molecule has 0 aliphatic rings. The van der Waals surface area contributed by atoms with E-state index in [-0.39, 0.29) is 6.42 Å². The van der Waals surface area contributed by atoms with Crippen LogP contribution in [0.25, 0.3) is 0 Å². The molecule has 0 heterocycles. The van der Waals surface area contributed by atoms with E-state index < -0.39 is 25.0 Å². The molecule has 0 unspecified atom stereocenters. The second-order valence-corrected chi connectivity index (χ2v) is 6.14. The summed E-state index contributed by atoms with van der Waals surface area (Å²) in [5, 5.41) is 20.5. The normalized spacial score (nSPS) is 16.0. The van der Waals surface area contributed by atoms with Crippen LogP contribution in [0.5, 0.6) is 0 Å². The quantitative estimate of drug-likeness (QED) is 0.353. The summed E-state index contributed by atoms with van der Waals surface area (Å²) in [6.07, 6.45) is 15.0. The molecule has 0 aromatic heterocycles. The molecule has 0 aromatic rings. The first-order chi connectivity index (χ1) is 13.0. The van der Waals surface area contributed by atoms with Gasteiger partial charge in [-0.25, -0.2) is 0 Å². The van der Waals surface area contributed by atoms with Crippen LogP contribution in [-0.2, 0) is 4.79 Å². The van der Waals surface area contributed by atoms with Crippen LogP contribution >= 0.6 is 0 Å². The Morgan fingerprint density at radius 2 is 1.26 bits per heavy atom. The first-order valence-electron chi connectivity index (χ1n) is 11.7. The highest BCUT2D eigenvalue weighted by atomic mass is 16.3. The summed E-state index contributed by atoms with van der Waals surface area (Å²) in [5.41, 5.74) is 0. The molecule has 4 heteroatoms. The van der Waals surface area contributed by atoms with Crippen LogP contribution in [0, 0.1) is 0 Å². The zero-order chi connectivity index (χ0) is 21.7. The van der Waals surface area contributed by atoms with Gasteiger partial charge >= 0.3 is 0 Å². The smallest absolute Gasteiger partial charge is 0.220 e. The van der Waals surface area contributed by atoms with Gasteiger partial charge in [0.2, 0.25) is 5.91 Å². The first-order valence-corrected chi connectivity index (χ1v) is 9.21. The maximum atomic E-state index is 11.9. The number of hydrogen-bond acceptors (Lipinski definition) is 3. The molecule has 3 N–H and O–H groups in total. The van der Waals surface area contributed by atoms with Crippen LogP contribution in [0.3, 0.4) is 0 Å². The molecular weight excluding hydrogens is 290 g/mol. The summed E-state index contributed by atoms with van der Waals surface area (Å²) in [4.78, 5) is 11.9. The Bertz CT molecular complexity index is 411. The van der Waals surface area contributed by atoms with E-state index in [0.29, 0.717) is 6.42 Å². The van der Waals surface area contributed by atoms with Crippen molar-refractivity contribution in [1.29, 1.82) is 0 Å². The summed E-state index contributed by atoms with van der Waals surface area (Å²) >= 11 is 0. The van der Waals surface area contributed by atoms with Gasteiger partial charge in [-0.05, 0) is 6.42 Å². The van der Waals surface area contributed by atoms with Crippen molar-refractivity contribution in [3.05, 3.63) is 0 Å². The van der Waals surface area contributed by atoms with Gasteiger partial charge in [0.25, 0.3) is 0 Å². The highest BCUT2D eigenvalue weighted by Gasteiger charge is 2.09. The minimum Gasteiger partial charge on any atom is -0.394 e. The molecule has 0 aromatic carbocycles. The molecule has 138 valence electrons. The molecule has 0 saturated carbocycles. The number of amides is 1. The predicted molar refractivity (Wildman–Crippen MR) is 96.4 cm³/mol. The molecule has 0 bridgehead atoms. The fourth-order valence-corrected chi connectivity index (χ4v) is 2.59. The lowest BCUT2D eigenvalue weighted by Crippen LogP contribution is -2.39. The minimum atomic E-state index is -3.43. The molecule has 0 radical (unpaired) electrons. The van der Waals surface area contributed by atoms with E-state index in [4.69, 9.17) is 6.85 Å². The van der Waals surface area contributed by atoms with Crippen molar-refractivity contribution in [3.63, 3.8) is 0 Å². The lowest BCUT2D eigenvalue weighted by Gasteiger charge is -2.12. The van der Waals surface area contributed by atoms with E-state index in [1.54, 1.807) is 5.32 Å². The Hall–Kier alpha value is -0.610. The highest BCUT2D eigenvalue weighted by molar-refractivity contribution is 5.76. The lowest BCUT2D eigenvalue weighted by atomic mass is 10.0. The summed E-state index contributed by atoms with van der Waals surface area (Å²) in [5.74, 6) is -0.770. The van der Waals surface area contributed by atoms with Gasteiger partial charge in [-0.15, -0.1) is 0 Å².